The van der Waals surface area contributed by atoms with Crippen molar-refractivity contribution in [2.45, 2.75) is 40.5 Å². The van der Waals surface area contributed by atoms with Crippen LogP contribution in [-0.2, 0) is 9.53 Å². The molecule has 0 aromatic rings. The number of allylic oxidation sites excluding steroid dienone is 1. The molecule has 2 nitrogen and oxygen atoms in total. The van der Waals surface area contributed by atoms with Gasteiger partial charge in [0, 0.05) is 6.08 Å². The standard InChI is InChI=1S/C11H20O2/c1-6-9(7-10(12)13-5)8-11(2,3)4/h7H,6,8H2,1-5H3/b9-7-. The minimum atomic E-state index is -0.249. The first-order chi connectivity index (χ1) is 5.89. The Morgan fingerprint density at radius 1 is 1.38 bits per heavy atom. The van der Waals surface area contributed by atoms with Gasteiger partial charge in [-0.05, 0) is 18.3 Å². The normalized spacial score (nSPS) is 12.8. The predicted molar refractivity (Wildman–Crippen MR) is 54.5 cm³/mol. The van der Waals surface area contributed by atoms with Crippen molar-refractivity contribution in [1.29, 1.82) is 0 Å². The van der Waals surface area contributed by atoms with E-state index in [9.17, 15) is 4.79 Å². The van der Waals surface area contributed by atoms with Crippen molar-refractivity contribution in [3.63, 3.8) is 0 Å². The number of ether oxygens (including phenoxy) is 1. The van der Waals surface area contributed by atoms with Crippen LogP contribution in [0.3, 0.4) is 0 Å². The van der Waals surface area contributed by atoms with Crippen LogP contribution in [0.5, 0.6) is 0 Å². The van der Waals surface area contributed by atoms with Crippen LogP contribution in [0.15, 0.2) is 11.6 Å². The molecule has 0 aromatic carbocycles. The van der Waals surface area contributed by atoms with E-state index in [1.807, 2.05) is 0 Å². The van der Waals surface area contributed by atoms with Gasteiger partial charge in [-0.2, -0.15) is 0 Å². The lowest BCUT2D eigenvalue weighted by atomic mass is 9.87. The van der Waals surface area contributed by atoms with Gasteiger partial charge in [0.1, 0.15) is 0 Å². The molecular formula is C11H20O2. The molecule has 0 unspecified atom stereocenters. The quantitative estimate of drug-likeness (QED) is 0.498. The van der Waals surface area contributed by atoms with Gasteiger partial charge in [0.15, 0.2) is 0 Å². The highest BCUT2D eigenvalue weighted by Gasteiger charge is 2.12. The van der Waals surface area contributed by atoms with Gasteiger partial charge in [-0.15, -0.1) is 0 Å². The Bertz CT molecular complexity index is 197. The smallest absolute Gasteiger partial charge is 0.330 e. The van der Waals surface area contributed by atoms with Crippen molar-refractivity contribution in [1.82, 2.24) is 0 Å². The second kappa shape index (κ2) is 5.05. The second-order valence-corrected chi connectivity index (χ2v) is 4.42. The molecule has 0 radical (unpaired) electrons. The molecular weight excluding hydrogens is 164 g/mol. The maximum atomic E-state index is 11.0. The molecule has 0 amide bonds. The fraction of sp³-hybridized carbons (Fsp3) is 0.727. The lowest BCUT2D eigenvalue weighted by molar-refractivity contribution is -0.134. The Hall–Kier alpha value is -0.790. The maximum absolute atomic E-state index is 11.0. The number of methoxy groups -OCH3 is 1. The summed E-state index contributed by atoms with van der Waals surface area (Å²) in [5.74, 6) is -0.249. The first-order valence-corrected chi connectivity index (χ1v) is 4.66. The third-order valence-electron chi connectivity index (χ3n) is 1.73. The molecule has 76 valence electrons. The van der Waals surface area contributed by atoms with Crippen LogP contribution in [-0.4, -0.2) is 13.1 Å². The summed E-state index contributed by atoms with van der Waals surface area (Å²) in [5, 5.41) is 0. The molecule has 0 bridgehead atoms. The zero-order valence-corrected chi connectivity index (χ0v) is 9.31. The molecule has 0 rings (SSSR count). The summed E-state index contributed by atoms with van der Waals surface area (Å²) in [5.41, 5.74) is 1.38. The fourth-order valence-electron chi connectivity index (χ4n) is 1.18. The molecule has 0 saturated heterocycles. The molecule has 0 aliphatic heterocycles. The Labute approximate surface area is 81.0 Å². The van der Waals surface area contributed by atoms with Crippen molar-refractivity contribution in [3.05, 3.63) is 11.6 Å². The van der Waals surface area contributed by atoms with E-state index in [-0.39, 0.29) is 11.4 Å². The summed E-state index contributed by atoms with van der Waals surface area (Å²) < 4.78 is 4.58. The molecule has 0 atom stereocenters. The first-order valence-electron chi connectivity index (χ1n) is 4.66. The lowest BCUT2D eigenvalue weighted by Gasteiger charge is -2.19. The highest BCUT2D eigenvalue weighted by Crippen LogP contribution is 2.25. The van der Waals surface area contributed by atoms with Gasteiger partial charge >= 0.3 is 5.97 Å². The van der Waals surface area contributed by atoms with E-state index < -0.39 is 0 Å². The molecule has 2 heteroatoms. The molecule has 0 spiro atoms. The topological polar surface area (TPSA) is 26.3 Å². The molecule has 0 heterocycles. The van der Waals surface area contributed by atoms with Crippen LogP contribution in [0.1, 0.15) is 40.5 Å². The average molecular weight is 184 g/mol. The third-order valence-corrected chi connectivity index (χ3v) is 1.73. The van der Waals surface area contributed by atoms with Gasteiger partial charge in [0.05, 0.1) is 7.11 Å². The molecule has 0 saturated carbocycles. The Balaban J connectivity index is 4.34. The summed E-state index contributed by atoms with van der Waals surface area (Å²) >= 11 is 0. The van der Waals surface area contributed by atoms with Crippen LogP contribution in [0, 0.1) is 5.41 Å². The summed E-state index contributed by atoms with van der Waals surface area (Å²) in [4.78, 5) is 11.0. The minimum Gasteiger partial charge on any atom is -0.466 e. The van der Waals surface area contributed by atoms with E-state index in [1.165, 1.54) is 7.11 Å². The second-order valence-electron chi connectivity index (χ2n) is 4.42. The summed E-state index contributed by atoms with van der Waals surface area (Å²) in [7, 11) is 1.41. The molecule has 0 aromatic heterocycles. The maximum Gasteiger partial charge on any atom is 0.330 e. The van der Waals surface area contributed by atoms with Crippen molar-refractivity contribution in [3.8, 4) is 0 Å². The first kappa shape index (κ1) is 12.2. The fourth-order valence-corrected chi connectivity index (χ4v) is 1.18. The van der Waals surface area contributed by atoms with Crippen molar-refractivity contribution < 1.29 is 9.53 Å². The zero-order valence-electron chi connectivity index (χ0n) is 9.31. The monoisotopic (exact) mass is 184 g/mol. The van der Waals surface area contributed by atoms with Crippen LogP contribution in [0.25, 0.3) is 0 Å². The number of hydrogen-bond acceptors (Lipinski definition) is 2. The van der Waals surface area contributed by atoms with Gasteiger partial charge in [-0.25, -0.2) is 4.79 Å². The van der Waals surface area contributed by atoms with Gasteiger partial charge in [-0.3, -0.25) is 0 Å². The van der Waals surface area contributed by atoms with Gasteiger partial charge in [0.25, 0.3) is 0 Å². The highest BCUT2D eigenvalue weighted by atomic mass is 16.5. The summed E-state index contributed by atoms with van der Waals surface area (Å²) in [6.45, 7) is 8.54. The molecule has 13 heavy (non-hydrogen) atoms. The van der Waals surface area contributed by atoms with E-state index in [1.54, 1.807) is 6.08 Å². The third kappa shape index (κ3) is 6.38. The summed E-state index contributed by atoms with van der Waals surface area (Å²) in [6, 6.07) is 0. The number of rotatable bonds is 3. The van der Waals surface area contributed by atoms with Crippen molar-refractivity contribution in [2.24, 2.45) is 5.41 Å². The van der Waals surface area contributed by atoms with Crippen LogP contribution >= 0.6 is 0 Å². The van der Waals surface area contributed by atoms with Crippen molar-refractivity contribution >= 4 is 5.97 Å². The Morgan fingerprint density at radius 3 is 2.23 bits per heavy atom. The Morgan fingerprint density at radius 2 is 1.92 bits per heavy atom. The molecule has 0 N–H and O–H groups in total. The number of esters is 1. The average Bonchev–Trinajstić information content (AvgIpc) is 2.00. The van der Waals surface area contributed by atoms with E-state index in [2.05, 4.69) is 32.4 Å². The molecule has 0 aliphatic carbocycles. The number of hydrogen-bond donors (Lipinski definition) is 0. The van der Waals surface area contributed by atoms with E-state index in [4.69, 9.17) is 0 Å². The lowest BCUT2D eigenvalue weighted by Crippen LogP contribution is -2.07. The molecule has 0 fully saturated rings. The van der Waals surface area contributed by atoms with Gasteiger partial charge in [-0.1, -0.05) is 33.3 Å². The summed E-state index contributed by atoms with van der Waals surface area (Å²) in [6.07, 6.45) is 3.45. The minimum absolute atomic E-state index is 0.232. The molecule has 0 aliphatic rings. The highest BCUT2D eigenvalue weighted by molar-refractivity contribution is 5.82. The van der Waals surface area contributed by atoms with Gasteiger partial charge in [0.2, 0.25) is 0 Å². The van der Waals surface area contributed by atoms with Crippen molar-refractivity contribution in [2.75, 3.05) is 7.11 Å². The Kier molecular flexibility index (Phi) is 4.74. The number of carbonyl (C=O) groups excluding carboxylic acids is 1. The van der Waals surface area contributed by atoms with Crippen LogP contribution in [0.2, 0.25) is 0 Å². The van der Waals surface area contributed by atoms with Crippen LogP contribution < -0.4 is 0 Å². The van der Waals surface area contributed by atoms with Gasteiger partial charge < -0.3 is 4.74 Å². The van der Waals surface area contributed by atoms with E-state index in [0.717, 1.165) is 18.4 Å². The van der Waals surface area contributed by atoms with E-state index in [0.29, 0.717) is 0 Å². The zero-order chi connectivity index (χ0) is 10.5. The van der Waals surface area contributed by atoms with E-state index >= 15 is 0 Å². The number of carbonyl (C=O) groups is 1. The largest absolute Gasteiger partial charge is 0.466 e. The predicted octanol–water partition coefficient (Wildman–Crippen LogP) is 2.93. The van der Waals surface area contributed by atoms with Crippen LogP contribution in [0.4, 0.5) is 0 Å². The SMILES string of the molecule is CC/C(=C/C(=O)OC)CC(C)(C)C.